The minimum absolute atomic E-state index is 0.738. The van der Waals surface area contributed by atoms with E-state index in [1.807, 2.05) is 12.1 Å². The molecule has 3 nitrogen and oxygen atoms in total. The lowest BCUT2D eigenvalue weighted by molar-refractivity contribution is 0.446. The molecule has 0 aliphatic carbocycles. The van der Waals surface area contributed by atoms with Crippen molar-refractivity contribution in [3.05, 3.63) is 33.3 Å². The quantitative estimate of drug-likeness (QED) is 0.908. The largest absolute Gasteiger partial charge is 0.352 e. The van der Waals surface area contributed by atoms with Crippen molar-refractivity contribution in [2.45, 2.75) is 13.0 Å². The molecule has 17 heavy (non-hydrogen) atoms. The van der Waals surface area contributed by atoms with Gasteiger partial charge in [-0.15, -0.1) is 0 Å². The Kier molecular flexibility index (Phi) is 4.29. The van der Waals surface area contributed by atoms with Crippen molar-refractivity contribution in [2.75, 3.05) is 20.1 Å². The van der Waals surface area contributed by atoms with Gasteiger partial charge in [0.15, 0.2) is 5.96 Å². The SMILES string of the molecule is CN1CCCN=C1NCc1cc(Cl)cc(Br)c1. The molecule has 1 aliphatic heterocycles. The molecule has 1 aromatic rings. The van der Waals surface area contributed by atoms with Gasteiger partial charge in [0.2, 0.25) is 0 Å². The van der Waals surface area contributed by atoms with Gasteiger partial charge in [-0.05, 0) is 30.2 Å². The summed E-state index contributed by atoms with van der Waals surface area (Å²) in [5.41, 5.74) is 1.14. The predicted octanol–water partition coefficient (Wildman–Crippen LogP) is 2.88. The molecule has 0 atom stereocenters. The second kappa shape index (κ2) is 5.74. The van der Waals surface area contributed by atoms with Gasteiger partial charge in [-0.2, -0.15) is 0 Å². The van der Waals surface area contributed by atoms with Gasteiger partial charge >= 0.3 is 0 Å². The predicted molar refractivity (Wildman–Crippen MR) is 75.5 cm³/mol. The molecule has 0 amide bonds. The Bertz CT molecular complexity index is 414. The third-order valence-corrected chi connectivity index (χ3v) is 3.32. The van der Waals surface area contributed by atoms with Gasteiger partial charge in [0.25, 0.3) is 0 Å². The number of nitrogens with one attached hydrogen (secondary N) is 1. The number of rotatable bonds is 2. The fraction of sp³-hybridized carbons (Fsp3) is 0.417. The lowest BCUT2D eigenvalue weighted by atomic mass is 10.2. The lowest BCUT2D eigenvalue weighted by Gasteiger charge is -2.25. The van der Waals surface area contributed by atoms with Crippen molar-refractivity contribution < 1.29 is 0 Å². The second-order valence-corrected chi connectivity index (χ2v) is 5.46. The molecular weight excluding hydrogens is 302 g/mol. The first-order valence-corrected chi connectivity index (χ1v) is 6.76. The van der Waals surface area contributed by atoms with Crippen LogP contribution in [0.15, 0.2) is 27.7 Å². The third kappa shape index (κ3) is 3.61. The van der Waals surface area contributed by atoms with Crippen LogP contribution in [-0.2, 0) is 6.54 Å². The number of hydrogen-bond acceptors (Lipinski definition) is 3. The van der Waals surface area contributed by atoms with E-state index in [0.29, 0.717) is 0 Å². The smallest absolute Gasteiger partial charge is 0.193 e. The van der Waals surface area contributed by atoms with E-state index >= 15 is 0 Å². The van der Waals surface area contributed by atoms with Crippen LogP contribution in [0, 0.1) is 0 Å². The van der Waals surface area contributed by atoms with Crippen LogP contribution in [0.1, 0.15) is 12.0 Å². The average molecular weight is 317 g/mol. The van der Waals surface area contributed by atoms with Gasteiger partial charge in [-0.3, -0.25) is 4.99 Å². The Morgan fingerprint density at radius 3 is 3.00 bits per heavy atom. The highest BCUT2D eigenvalue weighted by atomic mass is 79.9. The summed E-state index contributed by atoms with van der Waals surface area (Å²) < 4.78 is 1.00. The zero-order valence-corrected chi connectivity index (χ0v) is 12.1. The number of hydrogen-bond donors (Lipinski definition) is 1. The zero-order chi connectivity index (χ0) is 12.3. The van der Waals surface area contributed by atoms with Crippen molar-refractivity contribution >= 4 is 33.5 Å². The van der Waals surface area contributed by atoms with Gasteiger partial charge in [0.1, 0.15) is 0 Å². The Hall–Kier alpha value is -0.740. The first kappa shape index (κ1) is 12.7. The number of nitrogens with zero attached hydrogens (tertiary/aromatic N) is 2. The summed E-state index contributed by atoms with van der Waals surface area (Å²) >= 11 is 9.44. The van der Waals surface area contributed by atoms with Gasteiger partial charge in [0.05, 0.1) is 0 Å². The standard InChI is InChI=1S/C12H15BrClN3/c1-17-4-2-3-15-12(17)16-8-9-5-10(13)7-11(14)6-9/h5-7H,2-4,8H2,1H3,(H,15,16). The average Bonchev–Trinajstić information content (AvgIpc) is 2.27. The molecule has 1 aromatic carbocycles. The van der Waals surface area contributed by atoms with Crippen LogP contribution in [0.25, 0.3) is 0 Å². The topological polar surface area (TPSA) is 27.6 Å². The molecule has 0 bridgehead atoms. The van der Waals surface area contributed by atoms with Gasteiger partial charge in [0, 0.05) is 36.2 Å². The molecule has 5 heteroatoms. The number of aliphatic imine (C=N–C) groups is 1. The van der Waals surface area contributed by atoms with E-state index in [4.69, 9.17) is 11.6 Å². The summed E-state index contributed by atoms with van der Waals surface area (Å²) in [4.78, 5) is 6.60. The molecular formula is C12H15BrClN3. The Labute approximate surface area is 115 Å². The summed E-state index contributed by atoms with van der Waals surface area (Å²) in [6.45, 7) is 2.71. The van der Waals surface area contributed by atoms with Crippen LogP contribution in [-0.4, -0.2) is 31.0 Å². The maximum atomic E-state index is 6.00. The zero-order valence-electron chi connectivity index (χ0n) is 9.71. The van der Waals surface area contributed by atoms with Gasteiger partial charge in [-0.25, -0.2) is 0 Å². The summed E-state index contributed by atoms with van der Waals surface area (Å²) in [6.07, 6.45) is 1.13. The van der Waals surface area contributed by atoms with Gasteiger partial charge < -0.3 is 10.2 Å². The maximum absolute atomic E-state index is 6.00. The first-order valence-electron chi connectivity index (χ1n) is 5.59. The van der Waals surface area contributed by atoms with E-state index in [0.717, 1.165) is 47.1 Å². The molecule has 1 aliphatic rings. The van der Waals surface area contributed by atoms with Crippen molar-refractivity contribution in [1.82, 2.24) is 10.2 Å². The van der Waals surface area contributed by atoms with E-state index < -0.39 is 0 Å². The van der Waals surface area contributed by atoms with Crippen LogP contribution >= 0.6 is 27.5 Å². The maximum Gasteiger partial charge on any atom is 0.193 e. The van der Waals surface area contributed by atoms with E-state index in [-0.39, 0.29) is 0 Å². The highest BCUT2D eigenvalue weighted by molar-refractivity contribution is 9.10. The second-order valence-electron chi connectivity index (χ2n) is 4.11. The molecule has 0 aromatic heterocycles. The Morgan fingerprint density at radius 2 is 2.29 bits per heavy atom. The fourth-order valence-corrected chi connectivity index (χ4v) is 2.73. The molecule has 0 fully saturated rings. The van der Waals surface area contributed by atoms with Crippen molar-refractivity contribution in [3.63, 3.8) is 0 Å². The summed E-state index contributed by atoms with van der Waals surface area (Å²) in [6, 6.07) is 5.90. The third-order valence-electron chi connectivity index (χ3n) is 2.65. The Balaban J connectivity index is 1.99. The molecule has 0 radical (unpaired) electrons. The highest BCUT2D eigenvalue weighted by Crippen LogP contribution is 2.19. The molecule has 1 heterocycles. The summed E-state index contributed by atoms with van der Waals surface area (Å²) in [7, 11) is 2.05. The number of benzene rings is 1. The molecule has 2 rings (SSSR count). The molecule has 0 saturated carbocycles. The molecule has 0 spiro atoms. The van der Waals surface area contributed by atoms with E-state index in [1.165, 1.54) is 0 Å². The fourth-order valence-electron chi connectivity index (χ4n) is 1.80. The van der Waals surface area contributed by atoms with Gasteiger partial charge in [-0.1, -0.05) is 27.5 Å². The van der Waals surface area contributed by atoms with Crippen LogP contribution in [0.5, 0.6) is 0 Å². The van der Waals surface area contributed by atoms with E-state index in [1.54, 1.807) is 0 Å². The monoisotopic (exact) mass is 315 g/mol. The van der Waals surface area contributed by atoms with Crippen LogP contribution in [0.4, 0.5) is 0 Å². The van der Waals surface area contributed by atoms with E-state index in [9.17, 15) is 0 Å². The minimum atomic E-state index is 0.738. The Morgan fingerprint density at radius 1 is 1.47 bits per heavy atom. The van der Waals surface area contributed by atoms with Crippen LogP contribution in [0.2, 0.25) is 5.02 Å². The normalized spacial score (nSPS) is 15.7. The van der Waals surface area contributed by atoms with Crippen molar-refractivity contribution in [1.29, 1.82) is 0 Å². The van der Waals surface area contributed by atoms with Crippen LogP contribution in [0.3, 0.4) is 0 Å². The summed E-state index contributed by atoms with van der Waals surface area (Å²) in [5.74, 6) is 0.965. The molecule has 0 unspecified atom stereocenters. The van der Waals surface area contributed by atoms with Crippen molar-refractivity contribution in [3.8, 4) is 0 Å². The summed E-state index contributed by atoms with van der Waals surface area (Å²) in [5, 5.41) is 4.08. The first-order chi connectivity index (χ1) is 8.15. The number of halogens is 2. The molecule has 92 valence electrons. The minimum Gasteiger partial charge on any atom is -0.352 e. The molecule has 0 saturated heterocycles. The highest BCUT2D eigenvalue weighted by Gasteiger charge is 2.10. The number of guanidine groups is 1. The lowest BCUT2D eigenvalue weighted by Crippen LogP contribution is -2.41. The van der Waals surface area contributed by atoms with E-state index in [2.05, 4.69) is 44.3 Å². The van der Waals surface area contributed by atoms with Crippen LogP contribution < -0.4 is 5.32 Å². The molecule has 1 N–H and O–H groups in total. The van der Waals surface area contributed by atoms with Crippen molar-refractivity contribution in [2.24, 2.45) is 4.99 Å².